The lowest BCUT2D eigenvalue weighted by Gasteiger charge is -2.32. The minimum absolute atomic E-state index is 0.0444. The Morgan fingerprint density at radius 2 is 2.12 bits per heavy atom. The van der Waals surface area contributed by atoms with Gasteiger partial charge in [0.25, 0.3) is 5.91 Å². The predicted molar refractivity (Wildman–Crippen MR) is 89.1 cm³/mol. The van der Waals surface area contributed by atoms with Crippen molar-refractivity contribution >= 4 is 5.91 Å². The van der Waals surface area contributed by atoms with E-state index in [-0.39, 0.29) is 12.0 Å². The molecule has 2 fully saturated rings. The van der Waals surface area contributed by atoms with Crippen LogP contribution in [-0.2, 0) is 11.2 Å². The van der Waals surface area contributed by atoms with Gasteiger partial charge in [-0.1, -0.05) is 5.16 Å². The van der Waals surface area contributed by atoms with E-state index >= 15 is 0 Å². The Bertz CT molecular complexity index is 714. The molecule has 0 bridgehead atoms. The number of likely N-dealkylation sites (tertiary alicyclic amines) is 1. The molecule has 2 aliphatic rings. The van der Waals surface area contributed by atoms with Crippen LogP contribution in [0.1, 0.15) is 53.7 Å². The van der Waals surface area contributed by atoms with Gasteiger partial charge in [0.15, 0.2) is 5.82 Å². The maximum absolute atomic E-state index is 12.5. The first-order valence-corrected chi connectivity index (χ1v) is 8.93. The Kier molecular flexibility index (Phi) is 4.74. The van der Waals surface area contributed by atoms with Crippen molar-refractivity contribution in [1.29, 1.82) is 0 Å². The summed E-state index contributed by atoms with van der Waals surface area (Å²) in [7, 11) is 0. The van der Waals surface area contributed by atoms with E-state index in [1.54, 1.807) is 24.5 Å². The Hall–Kier alpha value is -2.28. The molecule has 25 heavy (non-hydrogen) atoms. The average molecular weight is 342 g/mol. The van der Waals surface area contributed by atoms with Crippen molar-refractivity contribution in [2.75, 3.05) is 19.7 Å². The topological polar surface area (TPSA) is 81.4 Å². The van der Waals surface area contributed by atoms with Crippen LogP contribution in [0, 0.1) is 0 Å². The van der Waals surface area contributed by atoms with Gasteiger partial charge in [-0.15, -0.1) is 0 Å². The lowest BCUT2D eigenvalue weighted by Crippen LogP contribution is -2.43. The first kappa shape index (κ1) is 16.2. The molecule has 2 aromatic heterocycles. The van der Waals surface area contributed by atoms with E-state index in [0.29, 0.717) is 36.9 Å². The molecular formula is C18H22N4O3. The molecule has 1 saturated carbocycles. The summed E-state index contributed by atoms with van der Waals surface area (Å²) in [6.07, 6.45) is 8.23. The molecule has 0 aromatic carbocycles. The van der Waals surface area contributed by atoms with Gasteiger partial charge in [-0.3, -0.25) is 9.78 Å². The zero-order valence-corrected chi connectivity index (χ0v) is 14.1. The normalized spacial score (nSPS) is 20.6. The third-order valence-corrected chi connectivity index (χ3v) is 4.68. The fraction of sp³-hybridized carbons (Fsp3) is 0.556. The molecule has 1 unspecified atom stereocenters. The summed E-state index contributed by atoms with van der Waals surface area (Å²) in [6.45, 7) is 1.95. The van der Waals surface area contributed by atoms with E-state index in [1.165, 1.54) is 0 Å². The summed E-state index contributed by atoms with van der Waals surface area (Å²) in [6, 6.07) is 3.50. The van der Waals surface area contributed by atoms with Crippen molar-refractivity contribution in [3.63, 3.8) is 0 Å². The zero-order chi connectivity index (χ0) is 17.1. The van der Waals surface area contributed by atoms with Gasteiger partial charge in [-0.05, 0) is 37.8 Å². The van der Waals surface area contributed by atoms with Gasteiger partial charge in [-0.25, -0.2) is 0 Å². The van der Waals surface area contributed by atoms with Gasteiger partial charge in [0.1, 0.15) is 0 Å². The van der Waals surface area contributed by atoms with Crippen LogP contribution < -0.4 is 0 Å². The van der Waals surface area contributed by atoms with E-state index in [4.69, 9.17) is 9.26 Å². The molecule has 0 radical (unpaired) electrons. The molecule has 0 spiro atoms. The van der Waals surface area contributed by atoms with E-state index in [1.807, 2.05) is 4.90 Å². The molecule has 7 heteroatoms. The largest absolute Gasteiger partial charge is 0.376 e. The van der Waals surface area contributed by atoms with Gasteiger partial charge in [0, 0.05) is 43.4 Å². The number of hydrogen-bond acceptors (Lipinski definition) is 6. The lowest BCUT2D eigenvalue weighted by atomic mass is 10.1. The highest BCUT2D eigenvalue weighted by Gasteiger charge is 2.29. The lowest BCUT2D eigenvalue weighted by molar-refractivity contribution is 0.00251. The van der Waals surface area contributed by atoms with Crippen LogP contribution in [0.25, 0.3) is 0 Å². The molecule has 4 rings (SSSR count). The van der Waals surface area contributed by atoms with E-state index in [2.05, 4.69) is 15.1 Å². The fourth-order valence-corrected chi connectivity index (χ4v) is 3.12. The number of carbonyl (C=O) groups excluding carboxylic acids is 1. The molecule has 132 valence electrons. The van der Waals surface area contributed by atoms with E-state index in [9.17, 15) is 4.79 Å². The van der Waals surface area contributed by atoms with E-state index < -0.39 is 0 Å². The second-order valence-corrected chi connectivity index (χ2v) is 6.70. The second-order valence-electron chi connectivity index (χ2n) is 6.70. The minimum Gasteiger partial charge on any atom is -0.376 e. The fourth-order valence-electron chi connectivity index (χ4n) is 3.12. The van der Waals surface area contributed by atoms with Crippen molar-refractivity contribution in [3.05, 3.63) is 41.8 Å². The molecule has 7 nitrogen and oxygen atoms in total. The average Bonchev–Trinajstić information content (AvgIpc) is 3.41. The summed E-state index contributed by atoms with van der Waals surface area (Å²) in [5, 5.41) is 4.01. The molecule has 1 aliphatic carbocycles. The van der Waals surface area contributed by atoms with Crippen LogP contribution in [0.5, 0.6) is 0 Å². The SMILES string of the molecule is O=C(c1ccncc1)N1CCCC(OCCc2noc(C3CC3)n2)C1. The summed E-state index contributed by atoms with van der Waals surface area (Å²) in [4.78, 5) is 22.8. The first-order chi connectivity index (χ1) is 12.3. The molecule has 1 atom stereocenters. The number of piperidine rings is 1. The van der Waals surface area contributed by atoms with Gasteiger partial charge in [0.2, 0.25) is 5.89 Å². The highest BCUT2D eigenvalue weighted by molar-refractivity contribution is 5.94. The monoisotopic (exact) mass is 342 g/mol. The van der Waals surface area contributed by atoms with Crippen LogP contribution in [-0.4, -0.2) is 51.7 Å². The smallest absolute Gasteiger partial charge is 0.254 e. The van der Waals surface area contributed by atoms with Gasteiger partial charge in [-0.2, -0.15) is 4.98 Å². The Morgan fingerprint density at radius 3 is 2.92 bits per heavy atom. The molecule has 1 aliphatic heterocycles. The van der Waals surface area contributed by atoms with Crippen LogP contribution in [0.2, 0.25) is 0 Å². The number of ether oxygens (including phenoxy) is 1. The van der Waals surface area contributed by atoms with Gasteiger partial charge < -0.3 is 14.2 Å². The highest BCUT2D eigenvalue weighted by Crippen LogP contribution is 2.38. The maximum atomic E-state index is 12.5. The molecule has 3 heterocycles. The highest BCUT2D eigenvalue weighted by atomic mass is 16.5. The van der Waals surface area contributed by atoms with Gasteiger partial charge >= 0.3 is 0 Å². The number of hydrogen-bond donors (Lipinski definition) is 0. The number of rotatable bonds is 6. The quantitative estimate of drug-likeness (QED) is 0.800. The summed E-state index contributed by atoms with van der Waals surface area (Å²) in [5.74, 6) is 2.00. The molecule has 1 amide bonds. The second kappa shape index (κ2) is 7.31. The maximum Gasteiger partial charge on any atom is 0.254 e. The van der Waals surface area contributed by atoms with Crippen molar-refractivity contribution in [2.24, 2.45) is 0 Å². The van der Waals surface area contributed by atoms with E-state index in [0.717, 1.165) is 38.1 Å². The Labute approximate surface area is 146 Å². The summed E-state index contributed by atoms with van der Waals surface area (Å²) < 4.78 is 11.2. The number of aromatic nitrogens is 3. The number of carbonyl (C=O) groups is 1. The number of nitrogens with zero attached hydrogens (tertiary/aromatic N) is 4. The third kappa shape index (κ3) is 4.04. The summed E-state index contributed by atoms with van der Waals surface area (Å²) >= 11 is 0. The van der Waals surface area contributed by atoms with Gasteiger partial charge in [0.05, 0.1) is 12.7 Å². The van der Waals surface area contributed by atoms with Crippen molar-refractivity contribution in [1.82, 2.24) is 20.0 Å². The standard InChI is InChI=1S/C18H22N4O3/c23-18(14-5-8-19-9-6-14)22-10-1-2-15(12-22)24-11-7-16-20-17(25-21-16)13-3-4-13/h5-6,8-9,13,15H,1-4,7,10-12H2. The molecular weight excluding hydrogens is 320 g/mol. The van der Waals surface area contributed by atoms with Crippen LogP contribution in [0.3, 0.4) is 0 Å². The number of amides is 1. The van der Waals surface area contributed by atoms with Crippen molar-refractivity contribution < 1.29 is 14.1 Å². The zero-order valence-electron chi connectivity index (χ0n) is 14.1. The van der Waals surface area contributed by atoms with Crippen LogP contribution >= 0.6 is 0 Å². The summed E-state index contributed by atoms with van der Waals surface area (Å²) in [5.41, 5.74) is 0.676. The Morgan fingerprint density at radius 1 is 1.28 bits per heavy atom. The molecule has 0 N–H and O–H groups in total. The molecule has 2 aromatic rings. The predicted octanol–water partition coefficient (Wildman–Crippen LogP) is 2.21. The van der Waals surface area contributed by atoms with Crippen molar-refractivity contribution in [2.45, 2.75) is 44.1 Å². The van der Waals surface area contributed by atoms with Crippen molar-refractivity contribution in [3.8, 4) is 0 Å². The third-order valence-electron chi connectivity index (χ3n) is 4.68. The van der Waals surface area contributed by atoms with Crippen LogP contribution in [0.15, 0.2) is 29.0 Å². The van der Waals surface area contributed by atoms with Crippen LogP contribution in [0.4, 0.5) is 0 Å². The first-order valence-electron chi connectivity index (χ1n) is 8.93. The minimum atomic E-state index is 0.0444. The Balaban J connectivity index is 1.25. The number of pyridine rings is 1. The molecule has 1 saturated heterocycles.